The molecule has 1 aliphatic rings. The summed E-state index contributed by atoms with van der Waals surface area (Å²) >= 11 is 5.86. The third-order valence-electron chi connectivity index (χ3n) is 4.69. The molecule has 0 fully saturated rings. The van der Waals surface area contributed by atoms with Gasteiger partial charge in [0.1, 0.15) is 17.6 Å². The molecule has 5 nitrogen and oxygen atoms in total. The van der Waals surface area contributed by atoms with Gasteiger partial charge in [-0.15, -0.1) is 0 Å². The van der Waals surface area contributed by atoms with Crippen LogP contribution >= 0.6 is 11.6 Å². The first-order valence-electron chi connectivity index (χ1n) is 8.80. The molecular formula is C21H17ClFN3O2. The van der Waals surface area contributed by atoms with Crippen molar-refractivity contribution in [1.29, 1.82) is 0 Å². The Morgan fingerprint density at radius 2 is 2.07 bits per heavy atom. The van der Waals surface area contributed by atoms with Crippen LogP contribution in [0.1, 0.15) is 17.5 Å². The molecule has 0 spiro atoms. The van der Waals surface area contributed by atoms with E-state index in [9.17, 15) is 9.18 Å². The van der Waals surface area contributed by atoms with E-state index < -0.39 is 5.82 Å². The highest BCUT2D eigenvalue weighted by atomic mass is 35.5. The molecule has 1 aromatic carbocycles. The topological polar surface area (TPSA) is 55.3 Å². The molecule has 7 heteroatoms. The average molecular weight is 398 g/mol. The molecule has 0 radical (unpaired) electrons. The number of aromatic nitrogens is 2. The molecule has 142 valence electrons. The van der Waals surface area contributed by atoms with Crippen LogP contribution in [0.15, 0.2) is 48.8 Å². The number of halogens is 2. The molecule has 2 aromatic heterocycles. The fraction of sp³-hybridized carbons (Fsp3) is 0.190. The molecular weight excluding hydrogens is 381 g/mol. The van der Waals surface area contributed by atoms with Crippen molar-refractivity contribution in [3.63, 3.8) is 0 Å². The minimum absolute atomic E-state index is 0.0289. The normalized spacial score (nSPS) is 13.4. The second-order valence-electron chi connectivity index (χ2n) is 6.55. The third kappa shape index (κ3) is 3.55. The molecule has 0 saturated heterocycles. The number of aryl methyl sites for hydroxylation is 1. The lowest BCUT2D eigenvalue weighted by Crippen LogP contribution is -2.31. The second kappa shape index (κ2) is 7.56. The summed E-state index contributed by atoms with van der Waals surface area (Å²) in [4.78, 5) is 22.0. The predicted molar refractivity (Wildman–Crippen MR) is 105 cm³/mol. The van der Waals surface area contributed by atoms with E-state index in [2.05, 4.69) is 9.97 Å². The van der Waals surface area contributed by atoms with Crippen LogP contribution in [-0.4, -0.2) is 22.9 Å². The van der Waals surface area contributed by atoms with Gasteiger partial charge in [0.2, 0.25) is 11.8 Å². The van der Waals surface area contributed by atoms with Crippen LogP contribution in [0.25, 0.3) is 11.1 Å². The number of hydrogen-bond donors (Lipinski definition) is 0. The minimum atomic E-state index is -0.392. The molecule has 4 rings (SSSR count). The zero-order chi connectivity index (χ0) is 19.7. The summed E-state index contributed by atoms with van der Waals surface area (Å²) in [6.07, 6.45) is 4.26. The number of rotatable bonds is 4. The number of hydrogen-bond acceptors (Lipinski definition) is 4. The van der Waals surface area contributed by atoms with Gasteiger partial charge < -0.3 is 9.64 Å². The number of amides is 1. The fourth-order valence-corrected chi connectivity index (χ4v) is 3.49. The van der Waals surface area contributed by atoms with Gasteiger partial charge in [0.25, 0.3) is 0 Å². The zero-order valence-corrected chi connectivity index (χ0v) is 15.9. The summed E-state index contributed by atoms with van der Waals surface area (Å²) in [5, 5.41) is 0.343. The SMILES string of the molecule is CN1C(=O)CCc2ccc(F)c(-c3cncc(COc4cccc(Cl)n4)c3)c21. The van der Waals surface area contributed by atoms with E-state index in [1.807, 2.05) is 6.07 Å². The molecule has 1 aliphatic heterocycles. The standard InChI is InChI=1S/C21H17ClFN3O2/c1-26-19(27)8-6-14-5-7-16(23)20(21(14)26)15-9-13(10-24-11-15)12-28-18-4-2-3-17(22)25-18/h2-5,7,9-11H,6,8,12H2,1H3. The van der Waals surface area contributed by atoms with Crippen LogP contribution in [0.5, 0.6) is 5.88 Å². The smallest absolute Gasteiger partial charge is 0.227 e. The second-order valence-corrected chi connectivity index (χ2v) is 6.94. The summed E-state index contributed by atoms with van der Waals surface area (Å²) in [6.45, 7) is 0.208. The van der Waals surface area contributed by atoms with Gasteiger partial charge in [-0.3, -0.25) is 9.78 Å². The van der Waals surface area contributed by atoms with E-state index in [-0.39, 0.29) is 12.5 Å². The number of carbonyl (C=O) groups excluding carboxylic acids is 1. The number of anilines is 1. The van der Waals surface area contributed by atoms with Crippen LogP contribution in [0.2, 0.25) is 5.15 Å². The maximum Gasteiger partial charge on any atom is 0.227 e. The lowest BCUT2D eigenvalue weighted by Gasteiger charge is -2.28. The average Bonchev–Trinajstić information content (AvgIpc) is 2.70. The Morgan fingerprint density at radius 3 is 2.89 bits per heavy atom. The molecule has 0 unspecified atom stereocenters. The summed E-state index contributed by atoms with van der Waals surface area (Å²) in [6, 6.07) is 10.1. The number of ether oxygens (including phenoxy) is 1. The first kappa shape index (κ1) is 18.4. The Kier molecular flexibility index (Phi) is 4.96. The quantitative estimate of drug-likeness (QED) is 0.611. The molecule has 28 heavy (non-hydrogen) atoms. The first-order valence-corrected chi connectivity index (χ1v) is 9.18. The summed E-state index contributed by atoms with van der Waals surface area (Å²) in [7, 11) is 1.68. The maximum absolute atomic E-state index is 14.8. The fourth-order valence-electron chi connectivity index (χ4n) is 3.33. The first-order chi connectivity index (χ1) is 13.5. The molecule has 0 N–H and O–H groups in total. The Hall–Kier alpha value is -2.99. The molecule has 3 heterocycles. The molecule has 1 amide bonds. The number of carbonyl (C=O) groups is 1. The Bertz CT molecular complexity index is 1060. The predicted octanol–water partition coefficient (Wildman–Crippen LogP) is 4.42. The summed E-state index contributed by atoms with van der Waals surface area (Å²) in [5.74, 6) is -0.0259. The van der Waals surface area contributed by atoms with Crippen molar-refractivity contribution in [1.82, 2.24) is 9.97 Å². The van der Waals surface area contributed by atoms with E-state index in [4.69, 9.17) is 16.3 Å². The van der Waals surface area contributed by atoms with E-state index in [1.165, 1.54) is 11.0 Å². The van der Waals surface area contributed by atoms with Crippen LogP contribution in [-0.2, 0) is 17.8 Å². The Morgan fingerprint density at radius 1 is 1.21 bits per heavy atom. The van der Waals surface area contributed by atoms with Crippen molar-refractivity contribution < 1.29 is 13.9 Å². The van der Waals surface area contributed by atoms with Crippen LogP contribution in [0.3, 0.4) is 0 Å². The van der Waals surface area contributed by atoms with Crippen LogP contribution < -0.4 is 9.64 Å². The largest absolute Gasteiger partial charge is 0.473 e. The maximum atomic E-state index is 14.8. The van der Waals surface area contributed by atoms with Gasteiger partial charge in [-0.25, -0.2) is 9.37 Å². The van der Waals surface area contributed by atoms with Gasteiger partial charge in [0.05, 0.1) is 5.69 Å². The van der Waals surface area contributed by atoms with Crippen molar-refractivity contribution in [3.05, 3.63) is 70.9 Å². The van der Waals surface area contributed by atoms with E-state index >= 15 is 0 Å². The van der Waals surface area contributed by atoms with E-state index in [0.29, 0.717) is 40.7 Å². The van der Waals surface area contributed by atoms with Gasteiger partial charge in [-0.1, -0.05) is 23.7 Å². The van der Waals surface area contributed by atoms with Gasteiger partial charge >= 0.3 is 0 Å². The van der Waals surface area contributed by atoms with Gasteiger partial charge in [0.15, 0.2) is 0 Å². The van der Waals surface area contributed by atoms with Crippen molar-refractivity contribution in [3.8, 4) is 17.0 Å². The number of pyridine rings is 2. The molecule has 3 aromatic rings. The highest BCUT2D eigenvalue weighted by Gasteiger charge is 2.26. The molecule has 0 bridgehead atoms. The monoisotopic (exact) mass is 397 g/mol. The van der Waals surface area contributed by atoms with Gasteiger partial charge in [0, 0.05) is 48.6 Å². The Labute approximate surface area is 166 Å². The van der Waals surface area contributed by atoms with Crippen LogP contribution in [0.4, 0.5) is 10.1 Å². The highest BCUT2D eigenvalue weighted by Crippen LogP contribution is 2.39. The lowest BCUT2D eigenvalue weighted by molar-refractivity contribution is -0.118. The summed E-state index contributed by atoms with van der Waals surface area (Å²) in [5.41, 5.74) is 3.27. The summed E-state index contributed by atoms with van der Waals surface area (Å²) < 4.78 is 20.4. The number of benzene rings is 1. The van der Waals surface area contributed by atoms with Crippen molar-refractivity contribution >= 4 is 23.2 Å². The van der Waals surface area contributed by atoms with E-state index in [1.54, 1.807) is 43.7 Å². The molecule has 0 atom stereocenters. The number of fused-ring (bicyclic) bond motifs is 1. The Balaban J connectivity index is 1.68. The van der Waals surface area contributed by atoms with Crippen molar-refractivity contribution in [2.75, 3.05) is 11.9 Å². The molecule has 0 saturated carbocycles. The third-order valence-corrected chi connectivity index (χ3v) is 4.90. The van der Waals surface area contributed by atoms with Crippen molar-refractivity contribution in [2.24, 2.45) is 0 Å². The van der Waals surface area contributed by atoms with E-state index in [0.717, 1.165) is 11.1 Å². The lowest BCUT2D eigenvalue weighted by atomic mass is 9.93. The van der Waals surface area contributed by atoms with Crippen LogP contribution in [0, 0.1) is 5.82 Å². The minimum Gasteiger partial charge on any atom is -0.473 e. The van der Waals surface area contributed by atoms with Gasteiger partial charge in [-0.2, -0.15) is 0 Å². The zero-order valence-electron chi connectivity index (χ0n) is 15.2. The highest BCUT2D eigenvalue weighted by molar-refractivity contribution is 6.29. The van der Waals surface area contributed by atoms with Gasteiger partial charge in [-0.05, 0) is 30.2 Å². The van der Waals surface area contributed by atoms with Crippen molar-refractivity contribution in [2.45, 2.75) is 19.4 Å². The number of nitrogens with zero attached hydrogens (tertiary/aromatic N) is 3. The molecule has 0 aliphatic carbocycles.